The molecule has 11 rings (SSSR count). The molecule has 0 bridgehead atoms. The minimum atomic E-state index is 1.12. The maximum absolute atomic E-state index is 2.51. The Hall–Kier alpha value is -7.04. The number of nitrogens with zero attached hydrogens (tertiary/aromatic N) is 4. The number of hydrogen-bond donors (Lipinski definition) is 0. The minimum absolute atomic E-state index is 1.12. The summed E-state index contributed by atoms with van der Waals surface area (Å²) in [5, 5.41) is 4.93. The summed E-state index contributed by atoms with van der Waals surface area (Å²) in [6.07, 6.45) is 0. The van der Waals surface area contributed by atoms with Crippen molar-refractivity contribution in [3.63, 3.8) is 0 Å². The summed E-state index contributed by atoms with van der Waals surface area (Å²) in [5.74, 6) is 0. The van der Waals surface area contributed by atoms with Crippen LogP contribution in [0.15, 0.2) is 194 Å². The molecule has 0 saturated carbocycles. The van der Waals surface area contributed by atoms with Crippen LogP contribution in [-0.4, -0.2) is 8.80 Å². The Morgan fingerprint density at radius 1 is 0.269 bits per heavy atom. The highest BCUT2D eigenvalue weighted by Crippen LogP contribution is 2.49. The lowest BCUT2D eigenvalue weighted by molar-refractivity contribution is 1.24. The van der Waals surface area contributed by atoms with Crippen LogP contribution in [0.1, 0.15) is 0 Å². The molecule has 244 valence electrons. The molecule has 8 aromatic carbocycles. The molecule has 0 saturated heterocycles. The van der Waals surface area contributed by atoms with Gasteiger partial charge in [-0.25, -0.2) is 0 Å². The maximum Gasteiger partial charge on any atom is 0.0804 e. The van der Waals surface area contributed by atoms with Crippen molar-refractivity contribution in [2.24, 2.45) is 0 Å². The Morgan fingerprint density at radius 2 is 0.577 bits per heavy atom. The molecule has 0 atom stereocenters. The summed E-state index contributed by atoms with van der Waals surface area (Å²) in [6.45, 7) is 0. The van der Waals surface area contributed by atoms with E-state index in [9.17, 15) is 0 Å². The topological polar surface area (TPSA) is 15.3 Å². The lowest BCUT2D eigenvalue weighted by Gasteiger charge is -2.27. The molecule has 0 aliphatic rings. The Balaban J connectivity index is 1.32. The highest BCUT2D eigenvalue weighted by molar-refractivity contribution is 6.27. The minimum Gasteiger partial charge on any atom is -0.310 e. The summed E-state index contributed by atoms with van der Waals surface area (Å²) in [6, 6.07) is 70.0. The van der Waals surface area contributed by atoms with Gasteiger partial charge in [-0.2, -0.15) is 0 Å². The van der Waals surface area contributed by atoms with Crippen LogP contribution in [0.5, 0.6) is 0 Å². The van der Waals surface area contributed by atoms with Crippen LogP contribution in [0, 0.1) is 0 Å². The molecule has 0 unspecified atom stereocenters. The number of benzene rings is 8. The van der Waals surface area contributed by atoms with E-state index in [2.05, 4.69) is 213 Å². The maximum atomic E-state index is 2.51. The molecule has 0 fully saturated rings. The monoisotopic (exact) mass is 664 g/mol. The molecule has 11 aromatic rings. The number of anilines is 6. The number of aromatic nitrogens is 2. The third kappa shape index (κ3) is 4.03. The van der Waals surface area contributed by atoms with Gasteiger partial charge in [-0.15, -0.1) is 0 Å². The largest absolute Gasteiger partial charge is 0.310 e. The second-order valence-corrected chi connectivity index (χ2v) is 13.4. The molecule has 0 N–H and O–H groups in total. The summed E-state index contributed by atoms with van der Waals surface area (Å²) < 4.78 is 5.02. The van der Waals surface area contributed by atoms with Gasteiger partial charge >= 0.3 is 0 Å². The summed E-state index contributed by atoms with van der Waals surface area (Å²) >= 11 is 0. The highest BCUT2D eigenvalue weighted by atomic mass is 15.2. The molecule has 4 nitrogen and oxygen atoms in total. The Morgan fingerprint density at radius 3 is 0.923 bits per heavy atom. The standard InChI is InChI=1S/C48H32N4/c1-5-17-33(18-6-1)49(34-19-7-2-8-20-34)41-29-31-43-47-45(41)37-25-13-15-27-39(37)51(47)44-32-30-42(46-38-26-14-16-28-40(38)52(43)48(44)46)50(35-21-9-3-10-22-35)36-23-11-4-12-24-36/h1-32H. The fourth-order valence-electron chi connectivity index (χ4n) is 8.52. The van der Waals surface area contributed by atoms with Crippen LogP contribution in [0.25, 0.3) is 54.6 Å². The van der Waals surface area contributed by atoms with E-state index in [-0.39, 0.29) is 0 Å². The van der Waals surface area contributed by atoms with E-state index in [0.29, 0.717) is 0 Å². The van der Waals surface area contributed by atoms with Crippen molar-refractivity contribution in [3.05, 3.63) is 194 Å². The average molecular weight is 665 g/mol. The predicted octanol–water partition coefficient (Wildman–Crippen LogP) is 13.2. The van der Waals surface area contributed by atoms with Crippen molar-refractivity contribution in [2.75, 3.05) is 9.80 Å². The lowest BCUT2D eigenvalue weighted by atomic mass is 10.1. The third-order valence-electron chi connectivity index (χ3n) is 10.6. The zero-order valence-electron chi connectivity index (χ0n) is 28.3. The van der Waals surface area contributed by atoms with Gasteiger partial charge in [0.25, 0.3) is 0 Å². The molecule has 0 aliphatic heterocycles. The van der Waals surface area contributed by atoms with Crippen molar-refractivity contribution in [1.82, 2.24) is 8.80 Å². The Labute approximate surface area is 300 Å². The van der Waals surface area contributed by atoms with Gasteiger partial charge in [0.2, 0.25) is 0 Å². The van der Waals surface area contributed by atoms with Crippen LogP contribution in [0.3, 0.4) is 0 Å². The van der Waals surface area contributed by atoms with Gasteiger partial charge in [0.1, 0.15) is 0 Å². The molecule has 52 heavy (non-hydrogen) atoms. The fourth-order valence-corrected chi connectivity index (χ4v) is 8.52. The molecule has 4 heteroatoms. The smallest absolute Gasteiger partial charge is 0.0804 e. The number of fused-ring (bicyclic) bond motifs is 8. The average Bonchev–Trinajstić information content (AvgIpc) is 3.75. The van der Waals surface area contributed by atoms with Crippen molar-refractivity contribution in [1.29, 1.82) is 0 Å². The van der Waals surface area contributed by atoms with E-state index in [1.165, 1.54) is 54.6 Å². The van der Waals surface area contributed by atoms with Crippen molar-refractivity contribution < 1.29 is 0 Å². The van der Waals surface area contributed by atoms with Crippen LogP contribution >= 0.6 is 0 Å². The Bertz CT molecular complexity index is 2760. The van der Waals surface area contributed by atoms with E-state index >= 15 is 0 Å². The van der Waals surface area contributed by atoms with E-state index in [0.717, 1.165) is 34.1 Å². The first-order valence-electron chi connectivity index (χ1n) is 17.8. The van der Waals surface area contributed by atoms with Crippen molar-refractivity contribution in [3.8, 4) is 0 Å². The number of para-hydroxylation sites is 6. The van der Waals surface area contributed by atoms with Gasteiger partial charge in [-0.3, -0.25) is 0 Å². The lowest BCUT2D eigenvalue weighted by Crippen LogP contribution is -2.11. The zero-order chi connectivity index (χ0) is 34.2. The highest BCUT2D eigenvalue weighted by Gasteiger charge is 2.27. The molecular weight excluding hydrogens is 633 g/mol. The molecule has 0 radical (unpaired) electrons. The number of hydrogen-bond acceptors (Lipinski definition) is 2. The Kier molecular flexibility index (Phi) is 6.22. The van der Waals surface area contributed by atoms with E-state index in [1.54, 1.807) is 0 Å². The second-order valence-electron chi connectivity index (χ2n) is 13.4. The molecule has 0 amide bonds. The van der Waals surface area contributed by atoms with Gasteiger partial charge in [-0.05, 0) is 84.9 Å². The van der Waals surface area contributed by atoms with Gasteiger partial charge in [0.05, 0.1) is 44.5 Å². The quantitative estimate of drug-likeness (QED) is 0.164. The van der Waals surface area contributed by atoms with Gasteiger partial charge < -0.3 is 18.6 Å². The molecule has 3 heterocycles. The van der Waals surface area contributed by atoms with E-state index in [1.807, 2.05) is 0 Å². The molecular formula is C48H32N4. The first-order valence-corrected chi connectivity index (χ1v) is 17.8. The third-order valence-corrected chi connectivity index (χ3v) is 10.6. The molecule has 0 aliphatic carbocycles. The van der Waals surface area contributed by atoms with Crippen LogP contribution in [0.2, 0.25) is 0 Å². The first kappa shape index (κ1) is 28.8. The number of rotatable bonds is 6. The summed E-state index contributed by atoms with van der Waals surface area (Å²) in [5.41, 5.74) is 14.0. The van der Waals surface area contributed by atoms with Gasteiger partial charge in [-0.1, -0.05) is 109 Å². The van der Waals surface area contributed by atoms with E-state index in [4.69, 9.17) is 0 Å². The molecule has 0 spiro atoms. The van der Waals surface area contributed by atoms with E-state index < -0.39 is 0 Å². The fraction of sp³-hybridized carbons (Fsp3) is 0. The van der Waals surface area contributed by atoms with Crippen LogP contribution in [0.4, 0.5) is 34.1 Å². The normalized spacial score (nSPS) is 11.8. The van der Waals surface area contributed by atoms with Crippen LogP contribution < -0.4 is 9.80 Å². The summed E-state index contributed by atoms with van der Waals surface area (Å²) in [4.78, 5) is 4.80. The second kappa shape index (κ2) is 11.2. The summed E-state index contributed by atoms with van der Waals surface area (Å²) in [7, 11) is 0. The van der Waals surface area contributed by atoms with Crippen LogP contribution in [-0.2, 0) is 0 Å². The zero-order valence-corrected chi connectivity index (χ0v) is 28.3. The van der Waals surface area contributed by atoms with Crippen molar-refractivity contribution >= 4 is 88.8 Å². The van der Waals surface area contributed by atoms with Crippen molar-refractivity contribution in [2.45, 2.75) is 0 Å². The first-order chi connectivity index (χ1) is 25.9. The SMILES string of the molecule is c1ccc(N(c2ccccc2)c2ccc3c4c2c2ccccc2n4c2ccc(N(c4ccccc4)c4ccccc4)c4c5ccccc5n3c42)cc1. The van der Waals surface area contributed by atoms with Gasteiger partial charge in [0.15, 0.2) is 0 Å². The van der Waals surface area contributed by atoms with Gasteiger partial charge in [0, 0.05) is 44.3 Å². The molecule has 3 aromatic heterocycles. The predicted molar refractivity (Wildman–Crippen MR) is 219 cm³/mol.